The number of piperazine rings is 1. The number of nitrogens with zero attached hydrogens (tertiary/aromatic N) is 4. The molecule has 1 aromatic heterocycles. The Morgan fingerprint density at radius 3 is 2.25 bits per heavy atom. The molecule has 1 saturated heterocycles. The minimum atomic E-state index is -0.200. The van der Waals surface area contributed by atoms with Gasteiger partial charge in [-0.3, -0.25) is 0 Å². The quantitative estimate of drug-likeness (QED) is 0.766. The monoisotopic (exact) mass is 421 g/mol. The van der Waals surface area contributed by atoms with E-state index in [9.17, 15) is 4.79 Å². The second kappa shape index (κ2) is 8.53. The van der Waals surface area contributed by atoms with E-state index >= 15 is 0 Å². The number of aromatic nitrogens is 2. The lowest BCUT2D eigenvalue weighted by Gasteiger charge is -2.37. The first-order valence-corrected chi connectivity index (χ1v) is 10.1. The minimum Gasteiger partial charge on any atom is -0.353 e. The van der Waals surface area contributed by atoms with Crippen LogP contribution in [0.4, 0.5) is 16.3 Å². The Hall–Kier alpha value is -2.05. The van der Waals surface area contributed by atoms with Crippen LogP contribution in [0.2, 0.25) is 10.0 Å². The number of hydrogen-bond acceptors (Lipinski definition) is 4. The molecule has 0 aliphatic carbocycles. The van der Waals surface area contributed by atoms with Gasteiger partial charge in [0.05, 0.1) is 15.7 Å². The summed E-state index contributed by atoms with van der Waals surface area (Å²) in [7, 11) is 0. The number of aryl methyl sites for hydroxylation is 2. The van der Waals surface area contributed by atoms with Crippen LogP contribution in [0.3, 0.4) is 0 Å². The summed E-state index contributed by atoms with van der Waals surface area (Å²) in [5.74, 6) is 2.08. The fourth-order valence-electron chi connectivity index (χ4n) is 3.54. The third kappa shape index (κ3) is 4.33. The van der Waals surface area contributed by atoms with E-state index in [-0.39, 0.29) is 6.03 Å². The number of nitrogens with one attached hydrogen (secondary N) is 1. The number of halogens is 2. The van der Waals surface area contributed by atoms with Crippen LogP contribution in [0.25, 0.3) is 0 Å². The molecule has 0 radical (unpaired) electrons. The number of urea groups is 1. The van der Waals surface area contributed by atoms with Gasteiger partial charge in [-0.25, -0.2) is 14.8 Å². The van der Waals surface area contributed by atoms with Crippen LogP contribution in [0, 0.1) is 13.8 Å². The molecule has 1 aliphatic heterocycles. The Labute approximate surface area is 175 Å². The summed E-state index contributed by atoms with van der Waals surface area (Å²) in [6.07, 6.45) is 0. The Balaban J connectivity index is 1.71. The van der Waals surface area contributed by atoms with E-state index in [1.54, 1.807) is 23.1 Å². The minimum absolute atomic E-state index is 0.200. The van der Waals surface area contributed by atoms with Gasteiger partial charge < -0.3 is 15.1 Å². The first-order valence-electron chi connectivity index (χ1n) is 9.38. The van der Waals surface area contributed by atoms with Crippen molar-refractivity contribution < 1.29 is 4.79 Å². The van der Waals surface area contributed by atoms with Crippen LogP contribution in [0.5, 0.6) is 0 Å². The van der Waals surface area contributed by atoms with Crippen molar-refractivity contribution in [3.8, 4) is 0 Å². The summed E-state index contributed by atoms with van der Waals surface area (Å²) in [5.41, 5.74) is 2.64. The average molecular weight is 422 g/mol. The zero-order valence-electron chi connectivity index (χ0n) is 16.6. The van der Waals surface area contributed by atoms with Gasteiger partial charge in [-0.15, -0.1) is 0 Å². The first-order chi connectivity index (χ1) is 13.3. The largest absolute Gasteiger partial charge is 0.353 e. The highest BCUT2D eigenvalue weighted by Gasteiger charge is 2.26. The molecule has 0 bridgehead atoms. The van der Waals surface area contributed by atoms with Crippen LogP contribution in [-0.2, 0) is 0 Å². The number of carbonyl (C=O) groups excluding carboxylic acids is 1. The van der Waals surface area contributed by atoms with Gasteiger partial charge in [-0.1, -0.05) is 43.1 Å². The normalized spacial score (nSPS) is 14.5. The molecule has 2 amide bonds. The number of benzene rings is 1. The Bertz CT molecular complexity index is 859. The molecule has 1 fully saturated rings. The lowest BCUT2D eigenvalue weighted by atomic mass is 10.0. The van der Waals surface area contributed by atoms with Crippen molar-refractivity contribution in [1.82, 2.24) is 14.9 Å². The predicted molar refractivity (Wildman–Crippen MR) is 115 cm³/mol. The van der Waals surface area contributed by atoms with Gasteiger partial charge in [0, 0.05) is 37.4 Å². The van der Waals surface area contributed by atoms with E-state index in [0.29, 0.717) is 47.8 Å². The van der Waals surface area contributed by atoms with Crippen molar-refractivity contribution in [3.63, 3.8) is 0 Å². The molecule has 3 rings (SSSR count). The van der Waals surface area contributed by atoms with Crippen molar-refractivity contribution in [2.24, 2.45) is 0 Å². The standard InChI is InChI=1S/C20H25Cl2N5O/c1-12(2)17-13(3)23-14(4)24-19(17)26-8-10-27(11-9-26)20(28)25-18-15(21)6-5-7-16(18)22/h5-7,12H,8-11H2,1-4H3,(H,25,28). The molecule has 0 atom stereocenters. The summed E-state index contributed by atoms with van der Waals surface area (Å²) >= 11 is 12.3. The van der Waals surface area contributed by atoms with Gasteiger partial charge in [0.2, 0.25) is 0 Å². The van der Waals surface area contributed by atoms with Gasteiger partial charge in [0.15, 0.2) is 0 Å². The van der Waals surface area contributed by atoms with Gasteiger partial charge in [-0.2, -0.15) is 0 Å². The van der Waals surface area contributed by atoms with E-state index in [2.05, 4.69) is 29.0 Å². The van der Waals surface area contributed by atoms with Crippen molar-refractivity contribution in [2.75, 3.05) is 36.4 Å². The van der Waals surface area contributed by atoms with E-state index in [4.69, 9.17) is 28.2 Å². The number of hydrogen-bond donors (Lipinski definition) is 1. The van der Waals surface area contributed by atoms with Gasteiger partial charge >= 0.3 is 6.03 Å². The van der Waals surface area contributed by atoms with Crippen molar-refractivity contribution in [1.29, 1.82) is 0 Å². The van der Waals surface area contributed by atoms with E-state index in [1.165, 1.54) is 5.56 Å². The molecule has 0 saturated carbocycles. The zero-order valence-corrected chi connectivity index (χ0v) is 18.1. The average Bonchev–Trinajstić information content (AvgIpc) is 2.63. The molecular formula is C20H25Cl2N5O. The van der Waals surface area contributed by atoms with Crippen LogP contribution in [0.1, 0.15) is 36.8 Å². The summed E-state index contributed by atoms with van der Waals surface area (Å²) in [6, 6.07) is 4.95. The Morgan fingerprint density at radius 2 is 1.68 bits per heavy atom. The SMILES string of the molecule is Cc1nc(C)c(C(C)C)c(N2CCN(C(=O)Nc3c(Cl)cccc3Cl)CC2)n1. The highest BCUT2D eigenvalue weighted by atomic mass is 35.5. The van der Waals surface area contributed by atoms with E-state index in [1.807, 2.05) is 13.8 Å². The summed E-state index contributed by atoms with van der Waals surface area (Å²) in [6.45, 7) is 10.9. The smallest absolute Gasteiger partial charge is 0.322 e. The number of carbonyl (C=O) groups is 1. The molecule has 28 heavy (non-hydrogen) atoms. The molecule has 2 heterocycles. The van der Waals surface area contributed by atoms with Crippen molar-refractivity contribution in [2.45, 2.75) is 33.6 Å². The number of anilines is 2. The molecule has 0 spiro atoms. The maximum atomic E-state index is 12.7. The van der Waals surface area contributed by atoms with E-state index < -0.39 is 0 Å². The Morgan fingerprint density at radius 1 is 1.07 bits per heavy atom. The van der Waals surface area contributed by atoms with Crippen molar-refractivity contribution >= 4 is 40.7 Å². The summed E-state index contributed by atoms with van der Waals surface area (Å²) < 4.78 is 0. The zero-order chi connectivity index (χ0) is 20.4. The first kappa shape index (κ1) is 20.7. The predicted octanol–water partition coefficient (Wildman–Crippen LogP) is 4.88. The van der Waals surface area contributed by atoms with E-state index in [0.717, 1.165) is 17.3 Å². The second-order valence-electron chi connectivity index (χ2n) is 7.25. The highest BCUT2D eigenvalue weighted by Crippen LogP contribution is 2.31. The summed E-state index contributed by atoms with van der Waals surface area (Å²) in [5, 5.41) is 3.68. The number of rotatable bonds is 3. The van der Waals surface area contributed by atoms with Crippen molar-refractivity contribution in [3.05, 3.63) is 45.3 Å². The molecule has 8 heteroatoms. The summed E-state index contributed by atoms with van der Waals surface area (Å²) in [4.78, 5) is 25.9. The molecule has 2 aromatic rings. The van der Waals surface area contributed by atoms with Crippen LogP contribution >= 0.6 is 23.2 Å². The molecule has 0 unspecified atom stereocenters. The third-order valence-corrected chi connectivity index (χ3v) is 5.50. The van der Waals surface area contributed by atoms with Crippen LogP contribution in [-0.4, -0.2) is 47.1 Å². The molecule has 150 valence electrons. The molecular weight excluding hydrogens is 397 g/mol. The molecule has 1 N–H and O–H groups in total. The second-order valence-corrected chi connectivity index (χ2v) is 8.06. The maximum Gasteiger partial charge on any atom is 0.322 e. The fourth-order valence-corrected chi connectivity index (χ4v) is 4.04. The Kier molecular flexibility index (Phi) is 6.30. The highest BCUT2D eigenvalue weighted by molar-refractivity contribution is 6.39. The molecule has 1 aromatic carbocycles. The fraction of sp³-hybridized carbons (Fsp3) is 0.450. The molecule has 1 aliphatic rings. The van der Waals surface area contributed by atoms with Gasteiger partial charge in [0.1, 0.15) is 11.6 Å². The third-order valence-electron chi connectivity index (χ3n) is 4.87. The number of amides is 2. The van der Waals surface area contributed by atoms with Crippen LogP contribution in [0.15, 0.2) is 18.2 Å². The lowest BCUT2D eigenvalue weighted by Crippen LogP contribution is -2.50. The van der Waals surface area contributed by atoms with Gasteiger partial charge in [-0.05, 0) is 31.9 Å². The lowest BCUT2D eigenvalue weighted by molar-refractivity contribution is 0.208. The van der Waals surface area contributed by atoms with Gasteiger partial charge in [0.25, 0.3) is 0 Å². The maximum absolute atomic E-state index is 12.7. The van der Waals surface area contributed by atoms with Crippen LogP contribution < -0.4 is 10.2 Å². The topological polar surface area (TPSA) is 61.4 Å². The number of para-hydroxylation sites is 1. The molecule has 6 nitrogen and oxygen atoms in total.